The molecule has 0 saturated carbocycles. The maximum atomic E-state index is 11.3. The van der Waals surface area contributed by atoms with Crippen LogP contribution in [0.25, 0.3) is 0 Å². The summed E-state index contributed by atoms with van der Waals surface area (Å²) >= 11 is 0. The van der Waals surface area contributed by atoms with Gasteiger partial charge in [0.1, 0.15) is 39.1 Å². The molecule has 0 N–H and O–H groups in total. The number of nitrogens with zero attached hydrogens (tertiary/aromatic N) is 3. The highest BCUT2D eigenvalue weighted by Crippen LogP contribution is 2.25. The summed E-state index contributed by atoms with van der Waals surface area (Å²) < 4.78 is 14.8. The number of hydrogen-bond acceptors (Lipinski definition) is 9. The molecule has 128 valence electrons. The molecule has 0 aliphatic heterocycles. The molecule has 0 aromatic carbocycles. The normalized spacial score (nSPS) is 9.75. The Labute approximate surface area is 139 Å². The standard InChI is InChI=1S/C15H17N3O6/c1-2-15(9-22-12(19)3-6-16,10-23-13(20)4-7-17)11-24-14(21)5-8-18/h2-5,9-11H2,1H3. The van der Waals surface area contributed by atoms with Gasteiger partial charge in [0.15, 0.2) is 0 Å². The average Bonchev–Trinajstić information content (AvgIpc) is 2.55. The third kappa shape index (κ3) is 8.35. The molecule has 9 nitrogen and oxygen atoms in total. The molecule has 0 aromatic rings. The van der Waals surface area contributed by atoms with Crippen molar-refractivity contribution in [3.63, 3.8) is 0 Å². The smallest absolute Gasteiger partial charge is 0.320 e. The van der Waals surface area contributed by atoms with Crippen LogP contribution >= 0.6 is 0 Å². The molecular weight excluding hydrogens is 318 g/mol. The summed E-state index contributed by atoms with van der Waals surface area (Å²) in [4.78, 5) is 34.0. The van der Waals surface area contributed by atoms with E-state index in [1.807, 2.05) is 0 Å². The van der Waals surface area contributed by atoms with E-state index in [9.17, 15) is 14.4 Å². The van der Waals surface area contributed by atoms with Crippen LogP contribution in [0.4, 0.5) is 0 Å². The highest BCUT2D eigenvalue weighted by atomic mass is 16.6. The van der Waals surface area contributed by atoms with Gasteiger partial charge in [-0.05, 0) is 6.42 Å². The molecule has 0 spiro atoms. The number of hydrogen-bond donors (Lipinski definition) is 0. The Balaban J connectivity index is 4.92. The van der Waals surface area contributed by atoms with Gasteiger partial charge >= 0.3 is 17.9 Å². The van der Waals surface area contributed by atoms with Crippen LogP contribution in [0, 0.1) is 39.4 Å². The molecule has 0 bridgehead atoms. The predicted molar refractivity (Wildman–Crippen MR) is 76.3 cm³/mol. The highest BCUT2D eigenvalue weighted by molar-refractivity contribution is 5.72. The first-order chi connectivity index (χ1) is 11.4. The van der Waals surface area contributed by atoms with Crippen molar-refractivity contribution in [3.8, 4) is 18.2 Å². The zero-order valence-electron chi connectivity index (χ0n) is 13.2. The van der Waals surface area contributed by atoms with Gasteiger partial charge < -0.3 is 14.2 Å². The maximum absolute atomic E-state index is 11.3. The Morgan fingerprint density at radius 2 is 1.04 bits per heavy atom. The molecule has 0 unspecified atom stereocenters. The van der Waals surface area contributed by atoms with Gasteiger partial charge in [0.25, 0.3) is 0 Å². The van der Waals surface area contributed by atoms with Crippen LogP contribution in [-0.2, 0) is 28.6 Å². The minimum Gasteiger partial charge on any atom is -0.464 e. The number of ether oxygens (including phenoxy) is 3. The number of esters is 3. The van der Waals surface area contributed by atoms with Gasteiger partial charge in [-0.1, -0.05) is 6.92 Å². The van der Waals surface area contributed by atoms with E-state index in [4.69, 9.17) is 30.0 Å². The molecule has 0 aromatic heterocycles. The van der Waals surface area contributed by atoms with E-state index in [-0.39, 0.29) is 19.8 Å². The molecule has 9 heteroatoms. The zero-order valence-corrected chi connectivity index (χ0v) is 13.2. The molecule has 24 heavy (non-hydrogen) atoms. The summed E-state index contributed by atoms with van der Waals surface area (Å²) in [6.45, 7) is 0.964. The molecule has 0 fully saturated rings. The van der Waals surface area contributed by atoms with Gasteiger partial charge in [-0.2, -0.15) is 15.8 Å². The Morgan fingerprint density at radius 3 is 1.25 bits per heavy atom. The van der Waals surface area contributed by atoms with Crippen molar-refractivity contribution in [1.29, 1.82) is 15.8 Å². The van der Waals surface area contributed by atoms with Crippen LogP contribution in [0.15, 0.2) is 0 Å². The van der Waals surface area contributed by atoms with Crippen molar-refractivity contribution in [2.75, 3.05) is 19.8 Å². The van der Waals surface area contributed by atoms with Crippen molar-refractivity contribution in [1.82, 2.24) is 0 Å². The second kappa shape index (κ2) is 11.4. The van der Waals surface area contributed by atoms with Crippen LogP contribution < -0.4 is 0 Å². The molecule has 0 atom stereocenters. The number of carbonyl (C=O) groups excluding carboxylic acids is 3. The molecular formula is C15H17N3O6. The lowest BCUT2D eigenvalue weighted by atomic mass is 9.88. The van der Waals surface area contributed by atoms with E-state index in [1.165, 1.54) is 0 Å². The lowest BCUT2D eigenvalue weighted by Gasteiger charge is -2.30. The summed E-state index contributed by atoms with van der Waals surface area (Å²) in [5.41, 5.74) is -1.03. The monoisotopic (exact) mass is 335 g/mol. The van der Waals surface area contributed by atoms with Crippen molar-refractivity contribution >= 4 is 17.9 Å². The fourth-order valence-corrected chi connectivity index (χ4v) is 1.48. The molecule has 0 aliphatic rings. The largest absolute Gasteiger partial charge is 0.464 e. The summed E-state index contributed by atoms with van der Waals surface area (Å²) in [6, 6.07) is 4.91. The lowest BCUT2D eigenvalue weighted by molar-refractivity contribution is -0.161. The highest BCUT2D eigenvalue weighted by Gasteiger charge is 2.34. The summed E-state index contributed by atoms with van der Waals surface area (Å²) in [7, 11) is 0. The van der Waals surface area contributed by atoms with Crippen molar-refractivity contribution < 1.29 is 28.6 Å². The first-order valence-corrected chi connectivity index (χ1v) is 7.00. The van der Waals surface area contributed by atoms with Gasteiger partial charge in [-0.15, -0.1) is 0 Å². The molecule has 0 amide bonds. The maximum Gasteiger partial charge on any atom is 0.320 e. The van der Waals surface area contributed by atoms with Crippen molar-refractivity contribution in [2.45, 2.75) is 32.6 Å². The van der Waals surface area contributed by atoms with E-state index < -0.39 is 42.6 Å². The molecule has 0 rings (SSSR count). The Morgan fingerprint density at radius 1 is 0.750 bits per heavy atom. The van der Waals surface area contributed by atoms with Gasteiger partial charge in [0, 0.05) is 0 Å². The molecule has 0 aliphatic carbocycles. The van der Waals surface area contributed by atoms with Gasteiger partial charge in [-0.3, -0.25) is 14.4 Å². The number of carbonyl (C=O) groups is 3. The van der Waals surface area contributed by atoms with Gasteiger partial charge in [0.2, 0.25) is 0 Å². The first kappa shape index (κ1) is 20.9. The third-order valence-corrected chi connectivity index (χ3v) is 3.04. The second-order valence-corrected chi connectivity index (χ2v) is 4.84. The topological polar surface area (TPSA) is 150 Å². The average molecular weight is 335 g/mol. The quantitative estimate of drug-likeness (QED) is 0.416. The molecule has 0 radical (unpaired) electrons. The third-order valence-electron chi connectivity index (χ3n) is 3.04. The van der Waals surface area contributed by atoms with Gasteiger partial charge in [0.05, 0.1) is 23.6 Å². The fourth-order valence-electron chi connectivity index (χ4n) is 1.48. The van der Waals surface area contributed by atoms with Crippen LogP contribution in [-0.4, -0.2) is 37.7 Å². The Hall–Kier alpha value is -3.12. The van der Waals surface area contributed by atoms with E-state index in [0.717, 1.165) is 0 Å². The summed E-state index contributed by atoms with van der Waals surface area (Å²) in [6.07, 6.45) is -1.01. The van der Waals surface area contributed by atoms with E-state index in [0.29, 0.717) is 6.42 Å². The van der Waals surface area contributed by atoms with Crippen LogP contribution in [0.2, 0.25) is 0 Å². The van der Waals surface area contributed by atoms with E-state index in [2.05, 4.69) is 0 Å². The number of nitriles is 3. The number of rotatable bonds is 10. The van der Waals surface area contributed by atoms with Crippen LogP contribution in [0.1, 0.15) is 32.6 Å². The summed E-state index contributed by atoms with van der Waals surface area (Å²) in [5.74, 6) is -2.29. The molecule has 0 saturated heterocycles. The second-order valence-electron chi connectivity index (χ2n) is 4.84. The SMILES string of the molecule is CCC(COC(=O)CC#N)(COC(=O)CC#N)COC(=O)CC#N. The predicted octanol–water partition coefficient (Wildman–Crippen LogP) is 0.753. The van der Waals surface area contributed by atoms with E-state index >= 15 is 0 Å². The molecule has 0 heterocycles. The van der Waals surface area contributed by atoms with Crippen molar-refractivity contribution in [2.24, 2.45) is 5.41 Å². The van der Waals surface area contributed by atoms with Gasteiger partial charge in [-0.25, -0.2) is 0 Å². The van der Waals surface area contributed by atoms with Crippen molar-refractivity contribution in [3.05, 3.63) is 0 Å². The van der Waals surface area contributed by atoms with E-state index in [1.54, 1.807) is 25.1 Å². The zero-order chi connectivity index (χ0) is 18.4. The Bertz CT molecular complexity index is 503. The first-order valence-electron chi connectivity index (χ1n) is 7.00. The van der Waals surface area contributed by atoms with Crippen LogP contribution in [0.5, 0.6) is 0 Å². The summed E-state index contributed by atoms with van der Waals surface area (Å²) in [5, 5.41) is 25.3. The minimum absolute atomic E-state index is 0.246. The Kier molecular flexibility index (Phi) is 9.96. The fraction of sp³-hybridized carbons (Fsp3) is 0.600. The lowest BCUT2D eigenvalue weighted by Crippen LogP contribution is -2.39. The minimum atomic E-state index is -1.03. The van der Waals surface area contributed by atoms with Crippen LogP contribution in [0.3, 0.4) is 0 Å².